The molecule has 0 unspecified atom stereocenters. The van der Waals surface area contributed by atoms with Gasteiger partial charge in [-0.2, -0.15) is 5.26 Å². The number of carbonyl (C=O) groups is 1. The van der Waals surface area contributed by atoms with Crippen molar-refractivity contribution in [2.75, 3.05) is 18.2 Å². The van der Waals surface area contributed by atoms with Crippen LogP contribution in [0, 0.1) is 11.3 Å². The Morgan fingerprint density at radius 3 is 2.81 bits per heavy atom. The lowest BCUT2D eigenvalue weighted by Crippen LogP contribution is -2.15. The van der Waals surface area contributed by atoms with Crippen LogP contribution in [-0.2, 0) is 4.79 Å². The van der Waals surface area contributed by atoms with Crippen molar-refractivity contribution >= 4 is 35.0 Å². The third-order valence-electron chi connectivity index (χ3n) is 3.67. The maximum absolute atomic E-state index is 12.3. The zero-order valence-corrected chi connectivity index (χ0v) is 15.9. The lowest BCUT2D eigenvalue weighted by molar-refractivity contribution is -0.113. The number of rotatable bonds is 6. The van der Waals surface area contributed by atoms with Crippen molar-refractivity contribution in [3.05, 3.63) is 65.4 Å². The van der Waals surface area contributed by atoms with Crippen molar-refractivity contribution in [3.63, 3.8) is 0 Å². The van der Waals surface area contributed by atoms with E-state index in [2.05, 4.69) is 10.3 Å². The van der Waals surface area contributed by atoms with Gasteiger partial charge in [-0.25, -0.2) is 4.98 Å². The highest BCUT2D eigenvalue weighted by Gasteiger charge is 2.11. The van der Waals surface area contributed by atoms with Crippen LogP contribution in [0.5, 0.6) is 5.75 Å². The molecule has 1 aromatic heterocycles. The monoisotopic (exact) mass is 398 g/mol. The number of imidazole rings is 1. The van der Waals surface area contributed by atoms with Crippen LogP contribution in [0.15, 0.2) is 60.0 Å². The SMILES string of the molecule is COc1ccc(-n2ccnc2SCC(=O)Nc2cc(Cl)ccc2C#N)cc1. The number of aromatic nitrogens is 2. The highest BCUT2D eigenvalue weighted by molar-refractivity contribution is 7.99. The van der Waals surface area contributed by atoms with Crippen LogP contribution in [0.1, 0.15) is 5.56 Å². The molecule has 0 aliphatic rings. The van der Waals surface area contributed by atoms with Crippen LogP contribution < -0.4 is 10.1 Å². The van der Waals surface area contributed by atoms with E-state index in [9.17, 15) is 4.79 Å². The van der Waals surface area contributed by atoms with Gasteiger partial charge in [0.25, 0.3) is 0 Å². The zero-order chi connectivity index (χ0) is 19.2. The molecule has 27 heavy (non-hydrogen) atoms. The molecule has 0 radical (unpaired) electrons. The summed E-state index contributed by atoms with van der Waals surface area (Å²) in [7, 11) is 1.61. The van der Waals surface area contributed by atoms with E-state index >= 15 is 0 Å². The van der Waals surface area contributed by atoms with Gasteiger partial charge in [0.15, 0.2) is 5.16 Å². The van der Waals surface area contributed by atoms with Crippen LogP contribution >= 0.6 is 23.4 Å². The summed E-state index contributed by atoms with van der Waals surface area (Å²) in [4.78, 5) is 16.6. The maximum atomic E-state index is 12.3. The van der Waals surface area contributed by atoms with Crippen LogP contribution in [0.4, 0.5) is 5.69 Å². The molecule has 1 N–H and O–H groups in total. The van der Waals surface area contributed by atoms with E-state index in [1.54, 1.807) is 31.5 Å². The topological polar surface area (TPSA) is 79.9 Å². The van der Waals surface area contributed by atoms with Gasteiger partial charge in [-0.3, -0.25) is 9.36 Å². The van der Waals surface area contributed by atoms with Crippen molar-refractivity contribution in [2.45, 2.75) is 5.16 Å². The highest BCUT2D eigenvalue weighted by Crippen LogP contribution is 2.24. The number of methoxy groups -OCH3 is 1. The molecule has 1 amide bonds. The number of benzene rings is 2. The number of hydrogen-bond acceptors (Lipinski definition) is 5. The van der Waals surface area contributed by atoms with E-state index in [1.165, 1.54) is 11.8 Å². The molecule has 136 valence electrons. The van der Waals surface area contributed by atoms with Gasteiger partial charge >= 0.3 is 0 Å². The predicted octanol–water partition coefficient (Wildman–Crippen LogP) is 4.14. The molecule has 0 bridgehead atoms. The van der Waals surface area contributed by atoms with Crippen molar-refractivity contribution in [2.24, 2.45) is 0 Å². The molecule has 0 saturated carbocycles. The Kier molecular flexibility index (Phi) is 6.01. The number of nitrogens with one attached hydrogen (secondary N) is 1. The minimum Gasteiger partial charge on any atom is -0.497 e. The third kappa shape index (κ3) is 4.61. The molecule has 0 spiro atoms. The molecule has 3 aromatic rings. The van der Waals surface area contributed by atoms with Gasteiger partial charge in [0.2, 0.25) is 5.91 Å². The van der Waals surface area contributed by atoms with Crippen molar-refractivity contribution in [1.82, 2.24) is 9.55 Å². The average molecular weight is 399 g/mol. The highest BCUT2D eigenvalue weighted by atomic mass is 35.5. The largest absolute Gasteiger partial charge is 0.497 e. The van der Waals surface area contributed by atoms with Gasteiger partial charge in [-0.15, -0.1) is 0 Å². The number of halogens is 1. The molecule has 1 heterocycles. The van der Waals surface area contributed by atoms with E-state index in [-0.39, 0.29) is 11.7 Å². The summed E-state index contributed by atoms with van der Waals surface area (Å²) in [6, 6.07) is 14.3. The Bertz CT molecular complexity index is 996. The maximum Gasteiger partial charge on any atom is 0.234 e. The van der Waals surface area contributed by atoms with Crippen LogP contribution in [0.2, 0.25) is 5.02 Å². The molecule has 0 saturated heterocycles. The fraction of sp³-hybridized carbons (Fsp3) is 0.105. The molecule has 0 aliphatic heterocycles. The summed E-state index contributed by atoms with van der Waals surface area (Å²) in [6.07, 6.45) is 3.50. The Labute approximate surface area is 165 Å². The number of ether oxygens (including phenoxy) is 1. The van der Waals surface area contributed by atoms with E-state index in [0.717, 1.165) is 11.4 Å². The number of thioether (sulfide) groups is 1. The number of nitrogens with zero attached hydrogens (tertiary/aromatic N) is 3. The van der Waals surface area contributed by atoms with Gasteiger partial charge in [-0.1, -0.05) is 23.4 Å². The first-order valence-corrected chi connectivity index (χ1v) is 9.27. The number of amides is 1. The van der Waals surface area contributed by atoms with Crippen molar-refractivity contribution < 1.29 is 9.53 Å². The van der Waals surface area contributed by atoms with Crippen LogP contribution in [0.3, 0.4) is 0 Å². The van der Waals surface area contributed by atoms with Gasteiger partial charge in [-0.05, 0) is 42.5 Å². The minimum absolute atomic E-state index is 0.143. The van der Waals surface area contributed by atoms with E-state index in [0.29, 0.717) is 21.4 Å². The fourth-order valence-electron chi connectivity index (χ4n) is 2.37. The van der Waals surface area contributed by atoms with E-state index in [1.807, 2.05) is 41.1 Å². The van der Waals surface area contributed by atoms with E-state index < -0.39 is 0 Å². The summed E-state index contributed by atoms with van der Waals surface area (Å²) in [6.45, 7) is 0. The lowest BCUT2D eigenvalue weighted by atomic mass is 10.2. The lowest BCUT2D eigenvalue weighted by Gasteiger charge is -2.09. The average Bonchev–Trinajstić information content (AvgIpc) is 3.15. The van der Waals surface area contributed by atoms with Gasteiger partial charge in [0, 0.05) is 23.1 Å². The summed E-state index contributed by atoms with van der Waals surface area (Å²) in [5.74, 6) is 0.662. The summed E-state index contributed by atoms with van der Waals surface area (Å²) < 4.78 is 7.05. The van der Waals surface area contributed by atoms with Gasteiger partial charge in [0.1, 0.15) is 11.8 Å². The zero-order valence-electron chi connectivity index (χ0n) is 14.3. The standard InChI is InChI=1S/C19H15ClN4O2S/c1-26-16-6-4-15(5-7-16)24-9-8-22-19(24)27-12-18(25)23-17-10-14(20)3-2-13(17)11-21/h2-10H,12H2,1H3,(H,23,25). The van der Waals surface area contributed by atoms with E-state index in [4.69, 9.17) is 21.6 Å². The molecular weight excluding hydrogens is 384 g/mol. The number of hydrogen-bond donors (Lipinski definition) is 1. The first kappa shape index (κ1) is 18.8. The first-order chi connectivity index (χ1) is 13.1. The van der Waals surface area contributed by atoms with Crippen molar-refractivity contribution in [3.8, 4) is 17.5 Å². The molecule has 0 fully saturated rings. The van der Waals surface area contributed by atoms with Gasteiger partial charge < -0.3 is 10.1 Å². The second kappa shape index (κ2) is 8.62. The Morgan fingerprint density at radius 2 is 2.11 bits per heavy atom. The molecule has 0 aliphatic carbocycles. The first-order valence-electron chi connectivity index (χ1n) is 7.91. The Balaban J connectivity index is 1.67. The molecular formula is C19H15ClN4O2S. The normalized spacial score (nSPS) is 10.3. The summed E-state index contributed by atoms with van der Waals surface area (Å²) >= 11 is 7.23. The fourth-order valence-corrected chi connectivity index (χ4v) is 3.31. The smallest absolute Gasteiger partial charge is 0.234 e. The Morgan fingerprint density at radius 1 is 1.33 bits per heavy atom. The number of nitriles is 1. The summed E-state index contributed by atoms with van der Waals surface area (Å²) in [5.41, 5.74) is 1.67. The second-order valence-electron chi connectivity index (χ2n) is 5.42. The second-order valence-corrected chi connectivity index (χ2v) is 6.80. The third-order valence-corrected chi connectivity index (χ3v) is 4.87. The Hall–Kier alpha value is -2.95. The number of carbonyl (C=O) groups excluding carboxylic acids is 1. The van der Waals surface area contributed by atoms with Crippen molar-refractivity contribution in [1.29, 1.82) is 5.26 Å². The summed E-state index contributed by atoms with van der Waals surface area (Å²) in [5, 5.41) is 13.0. The molecule has 6 nitrogen and oxygen atoms in total. The minimum atomic E-state index is -0.247. The van der Waals surface area contributed by atoms with Gasteiger partial charge in [0.05, 0.1) is 24.1 Å². The molecule has 3 rings (SSSR count). The molecule has 2 aromatic carbocycles. The quantitative estimate of drug-likeness (QED) is 0.631. The van der Waals surface area contributed by atoms with Crippen LogP contribution in [0.25, 0.3) is 5.69 Å². The molecule has 8 heteroatoms. The molecule has 0 atom stereocenters. The predicted molar refractivity (Wildman–Crippen MR) is 106 cm³/mol. The number of anilines is 1. The van der Waals surface area contributed by atoms with Crippen LogP contribution in [-0.4, -0.2) is 28.3 Å².